The number of halogens is 1. The summed E-state index contributed by atoms with van der Waals surface area (Å²) < 4.78 is 7.67. The highest BCUT2D eigenvalue weighted by molar-refractivity contribution is 6.20. The van der Waals surface area contributed by atoms with Gasteiger partial charge in [0.2, 0.25) is 0 Å². The number of hydrogen-bond acceptors (Lipinski definition) is 2. The van der Waals surface area contributed by atoms with E-state index < -0.39 is 0 Å². The van der Waals surface area contributed by atoms with Crippen LogP contribution in [0.2, 0.25) is 0 Å². The summed E-state index contributed by atoms with van der Waals surface area (Å²) in [6.45, 7) is 7.85. The van der Waals surface area contributed by atoms with E-state index in [1.54, 1.807) is 0 Å². The third-order valence-corrected chi connectivity index (χ3v) is 3.45. The number of nitrogens with zero attached hydrogens (tertiary/aromatic N) is 2. The Morgan fingerprint density at radius 1 is 1.56 bits per heavy atom. The summed E-state index contributed by atoms with van der Waals surface area (Å²) >= 11 is 6.16. The summed E-state index contributed by atoms with van der Waals surface area (Å²) in [6.07, 6.45) is 2.64. The van der Waals surface area contributed by atoms with Crippen molar-refractivity contribution in [2.75, 3.05) is 6.61 Å². The maximum absolute atomic E-state index is 6.16. The highest BCUT2D eigenvalue weighted by Gasteiger charge is 2.20. The van der Waals surface area contributed by atoms with Crippen molar-refractivity contribution < 1.29 is 4.74 Å². The van der Waals surface area contributed by atoms with Crippen LogP contribution in [0, 0.1) is 13.8 Å². The SMILES string of the molecule is Cc1nn(CC2CCCO2)c(C)c1C(C)Cl. The first kappa shape index (κ1) is 11.9. The van der Waals surface area contributed by atoms with Gasteiger partial charge in [-0.25, -0.2) is 0 Å². The zero-order valence-electron chi connectivity index (χ0n) is 10.2. The molecule has 0 radical (unpaired) electrons. The van der Waals surface area contributed by atoms with Crippen molar-refractivity contribution in [3.05, 3.63) is 17.0 Å². The highest BCUT2D eigenvalue weighted by Crippen LogP contribution is 2.27. The smallest absolute Gasteiger partial charge is 0.0771 e. The van der Waals surface area contributed by atoms with E-state index in [1.807, 2.05) is 18.5 Å². The molecule has 1 aliphatic heterocycles. The van der Waals surface area contributed by atoms with E-state index in [1.165, 1.54) is 17.7 Å². The molecular formula is C12H19ClN2O. The molecule has 0 aliphatic carbocycles. The Bertz CT molecular complexity index is 367. The fourth-order valence-corrected chi connectivity index (χ4v) is 2.76. The van der Waals surface area contributed by atoms with Gasteiger partial charge in [0.25, 0.3) is 0 Å². The lowest BCUT2D eigenvalue weighted by molar-refractivity contribution is 0.0934. The second kappa shape index (κ2) is 4.76. The first-order valence-corrected chi connectivity index (χ1v) is 6.32. The molecule has 0 spiro atoms. The number of ether oxygens (including phenoxy) is 1. The van der Waals surface area contributed by atoms with Gasteiger partial charge in [0.05, 0.1) is 23.7 Å². The van der Waals surface area contributed by atoms with Crippen LogP contribution in [0.25, 0.3) is 0 Å². The highest BCUT2D eigenvalue weighted by atomic mass is 35.5. The number of aromatic nitrogens is 2. The van der Waals surface area contributed by atoms with Crippen molar-refractivity contribution in [2.45, 2.75) is 51.6 Å². The number of hydrogen-bond donors (Lipinski definition) is 0. The number of alkyl halides is 1. The zero-order valence-corrected chi connectivity index (χ0v) is 10.9. The molecule has 1 aromatic heterocycles. The van der Waals surface area contributed by atoms with Crippen molar-refractivity contribution in [3.63, 3.8) is 0 Å². The molecule has 0 aromatic carbocycles. The second-order valence-corrected chi connectivity index (χ2v) is 5.17. The van der Waals surface area contributed by atoms with E-state index in [9.17, 15) is 0 Å². The van der Waals surface area contributed by atoms with E-state index in [-0.39, 0.29) is 5.38 Å². The van der Waals surface area contributed by atoms with Crippen LogP contribution >= 0.6 is 11.6 Å². The van der Waals surface area contributed by atoms with Crippen LogP contribution in [0.3, 0.4) is 0 Å². The lowest BCUT2D eigenvalue weighted by Crippen LogP contribution is -2.17. The molecule has 0 amide bonds. The minimum absolute atomic E-state index is 0.0262. The summed E-state index contributed by atoms with van der Waals surface area (Å²) in [4.78, 5) is 0. The quantitative estimate of drug-likeness (QED) is 0.762. The molecule has 1 saturated heterocycles. The van der Waals surface area contributed by atoms with E-state index in [0.717, 1.165) is 25.3 Å². The molecule has 1 aliphatic rings. The Hall–Kier alpha value is -0.540. The van der Waals surface area contributed by atoms with E-state index in [2.05, 4.69) is 12.0 Å². The van der Waals surface area contributed by atoms with Gasteiger partial charge >= 0.3 is 0 Å². The molecule has 0 bridgehead atoms. The molecule has 16 heavy (non-hydrogen) atoms. The molecule has 2 heterocycles. The molecule has 1 fully saturated rings. The van der Waals surface area contributed by atoms with Gasteiger partial charge in [-0.3, -0.25) is 4.68 Å². The van der Waals surface area contributed by atoms with Crippen molar-refractivity contribution in [1.82, 2.24) is 9.78 Å². The summed E-state index contributed by atoms with van der Waals surface area (Å²) in [5.41, 5.74) is 3.38. The van der Waals surface area contributed by atoms with Gasteiger partial charge in [0, 0.05) is 17.9 Å². The van der Waals surface area contributed by atoms with Crippen LogP contribution in [0.5, 0.6) is 0 Å². The summed E-state index contributed by atoms with van der Waals surface area (Å²) in [5, 5.41) is 4.57. The van der Waals surface area contributed by atoms with Crippen molar-refractivity contribution in [1.29, 1.82) is 0 Å². The standard InChI is InChI=1S/C12H19ClN2O/c1-8(13)12-9(2)14-15(10(12)3)7-11-5-4-6-16-11/h8,11H,4-7H2,1-3H3. The molecule has 1 aromatic rings. The van der Waals surface area contributed by atoms with Crippen LogP contribution in [0.4, 0.5) is 0 Å². The van der Waals surface area contributed by atoms with Crippen molar-refractivity contribution >= 4 is 11.6 Å². The zero-order chi connectivity index (χ0) is 11.7. The minimum Gasteiger partial charge on any atom is -0.376 e. The Balaban J connectivity index is 2.18. The van der Waals surface area contributed by atoms with Gasteiger partial charge in [-0.2, -0.15) is 5.10 Å². The Labute approximate surface area is 102 Å². The summed E-state index contributed by atoms with van der Waals surface area (Å²) in [5.74, 6) is 0. The van der Waals surface area contributed by atoms with E-state index in [0.29, 0.717) is 6.10 Å². The number of aryl methyl sites for hydroxylation is 1. The largest absolute Gasteiger partial charge is 0.376 e. The first-order valence-electron chi connectivity index (χ1n) is 5.89. The molecule has 4 heteroatoms. The second-order valence-electron chi connectivity index (χ2n) is 4.52. The molecule has 2 atom stereocenters. The van der Waals surface area contributed by atoms with E-state index >= 15 is 0 Å². The van der Waals surface area contributed by atoms with Gasteiger partial charge in [0.15, 0.2) is 0 Å². The molecule has 2 rings (SSSR count). The Morgan fingerprint density at radius 3 is 2.81 bits per heavy atom. The molecule has 2 unspecified atom stereocenters. The van der Waals surface area contributed by atoms with Gasteiger partial charge < -0.3 is 4.74 Å². The fourth-order valence-electron chi connectivity index (χ4n) is 2.45. The Morgan fingerprint density at radius 2 is 2.31 bits per heavy atom. The Kier molecular flexibility index (Phi) is 3.55. The molecule has 0 saturated carbocycles. The first-order chi connectivity index (χ1) is 7.59. The maximum atomic E-state index is 6.16. The molecule has 0 N–H and O–H groups in total. The lowest BCUT2D eigenvalue weighted by atomic mass is 10.1. The van der Waals surface area contributed by atoms with Gasteiger partial charge in [0.1, 0.15) is 0 Å². The minimum atomic E-state index is 0.0262. The van der Waals surface area contributed by atoms with Gasteiger partial charge in [-0.05, 0) is 33.6 Å². The number of rotatable bonds is 3. The average Bonchev–Trinajstić information content (AvgIpc) is 2.76. The maximum Gasteiger partial charge on any atom is 0.0771 e. The predicted octanol–water partition coefficient (Wildman–Crippen LogP) is 2.98. The summed E-state index contributed by atoms with van der Waals surface area (Å²) in [7, 11) is 0. The molecule has 3 nitrogen and oxygen atoms in total. The molecule has 90 valence electrons. The summed E-state index contributed by atoms with van der Waals surface area (Å²) in [6, 6.07) is 0. The normalized spacial score (nSPS) is 22.6. The van der Waals surface area contributed by atoms with Gasteiger partial charge in [-0.1, -0.05) is 0 Å². The van der Waals surface area contributed by atoms with Crippen LogP contribution in [-0.4, -0.2) is 22.5 Å². The van der Waals surface area contributed by atoms with Crippen LogP contribution in [-0.2, 0) is 11.3 Å². The average molecular weight is 243 g/mol. The third kappa shape index (κ3) is 2.25. The topological polar surface area (TPSA) is 27.1 Å². The third-order valence-electron chi connectivity index (χ3n) is 3.24. The van der Waals surface area contributed by atoms with Crippen LogP contribution in [0.15, 0.2) is 0 Å². The van der Waals surface area contributed by atoms with E-state index in [4.69, 9.17) is 16.3 Å². The van der Waals surface area contributed by atoms with Crippen molar-refractivity contribution in [3.8, 4) is 0 Å². The van der Waals surface area contributed by atoms with Crippen molar-refractivity contribution in [2.24, 2.45) is 0 Å². The molecular weight excluding hydrogens is 224 g/mol. The van der Waals surface area contributed by atoms with Crippen LogP contribution < -0.4 is 0 Å². The monoisotopic (exact) mass is 242 g/mol. The van der Waals surface area contributed by atoms with Crippen LogP contribution in [0.1, 0.15) is 42.1 Å². The fraction of sp³-hybridized carbons (Fsp3) is 0.750. The lowest BCUT2D eigenvalue weighted by Gasteiger charge is -2.11. The predicted molar refractivity (Wildman–Crippen MR) is 64.9 cm³/mol. The van der Waals surface area contributed by atoms with Gasteiger partial charge in [-0.15, -0.1) is 11.6 Å².